The van der Waals surface area contributed by atoms with Crippen LogP contribution in [0.25, 0.3) is 0 Å². The number of carbonyl (C=O) groups is 2. The van der Waals surface area contributed by atoms with Gasteiger partial charge in [-0.2, -0.15) is 0 Å². The Morgan fingerprint density at radius 1 is 1.00 bits per heavy atom. The molecule has 2 aromatic carbocycles. The summed E-state index contributed by atoms with van der Waals surface area (Å²) < 4.78 is 4.83. The number of esters is 1. The van der Waals surface area contributed by atoms with Crippen molar-refractivity contribution in [2.75, 3.05) is 7.11 Å². The molecule has 0 aliphatic heterocycles. The van der Waals surface area contributed by atoms with Crippen LogP contribution in [-0.4, -0.2) is 18.9 Å². The lowest BCUT2D eigenvalue weighted by Gasteiger charge is -2.13. The molecule has 22 heavy (non-hydrogen) atoms. The molecule has 0 amide bonds. The van der Waals surface area contributed by atoms with Crippen LogP contribution >= 0.6 is 0 Å². The summed E-state index contributed by atoms with van der Waals surface area (Å²) in [5.41, 5.74) is 2.29. The van der Waals surface area contributed by atoms with Gasteiger partial charge >= 0.3 is 5.97 Å². The Morgan fingerprint density at radius 2 is 1.73 bits per heavy atom. The fourth-order valence-corrected chi connectivity index (χ4v) is 2.46. The van der Waals surface area contributed by atoms with Crippen LogP contribution in [0.1, 0.15) is 51.6 Å². The Morgan fingerprint density at radius 3 is 2.36 bits per heavy atom. The van der Waals surface area contributed by atoms with E-state index in [9.17, 15) is 9.59 Å². The van der Waals surface area contributed by atoms with Crippen LogP contribution in [0, 0.1) is 0 Å². The second-order valence-corrected chi connectivity index (χ2v) is 5.13. The molecule has 3 heteroatoms. The fraction of sp³-hybridized carbons (Fsp3) is 0.263. The Balaban J connectivity index is 2.54. The van der Waals surface area contributed by atoms with Crippen LogP contribution in [0.3, 0.4) is 0 Å². The molecule has 3 nitrogen and oxygen atoms in total. The summed E-state index contributed by atoms with van der Waals surface area (Å²) in [6.07, 6.45) is 2.77. The zero-order valence-electron chi connectivity index (χ0n) is 13.0. The normalized spacial score (nSPS) is 10.3. The number of aryl methyl sites for hydroxylation is 1. The standard InChI is InChI=1S/C19H20O3/c1-3-4-9-14-12-8-13-16(19(21)22-2)17(14)18(20)15-10-6-5-7-11-15/h5-8,10-13H,3-4,9H2,1-2H3. The molecule has 0 bridgehead atoms. The highest BCUT2D eigenvalue weighted by Crippen LogP contribution is 2.22. The van der Waals surface area contributed by atoms with Crippen LogP contribution in [0.15, 0.2) is 48.5 Å². The highest BCUT2D eigenvalue weighted by atomic mass is 16.5. The minimum Gasteiger partial charge on any atom is -0.465 e. The summed E-state index contributed by atoms with van der Waals surface area (Å²) in [7, 11) is 1.33. The van der Waals surface area contributed by atoms with E-state index >= 15 is 0 Å². The number of benzene rings is 2. The van der Waals surface area contributed by atoms with E-state index in [4.69, 9.17) is 4.74 Å². The third-order valence-corrected chi connectivity index (χ3v) is 3.62. The second-order valence-electron chi connectivity index (χ2n) is 5.13. The van der Waals surface area contributed by atoms with Crippen LogP contribution in [0.2, 0.25) is 0 Å². The van der Waals surface area contributed by atoms with Gasteiger partial charge in [-0.25, -0.2) is 4.79 Å². The summed E-state index contributed by atoms with van der Waals surface area (Å²) >= 11 is 0. The number of rotatable bonds is 6. The first-order valence-corrected chi connectivity index (χ1v) is 7.49. The molecule has 0 aliphatic rings. The average molecular weight is 296 g/mol. The van der Waals surface area contributed by atoms with Gasteiger partial charge in [0.05, 0.1) is 12.7 Å². The van der Waals surface area contributed by atoms with Crippen molar-refractivity contribution >= 4 is 11.8 Å². The largest absolute Gasteiger partial charge is 0.465 e. The fourth-order valence-electron chi connectivity index (χ4n) is 2.46. The lowest BCUT2D eigenvalue weighted by atomic mass is 9.91. The summed E-state index contributed by atoms with van der Waals surface area (Å²) in [6, 6.07) is 14.4. The van der Waals surface area contributed by atoms with Crippen LogP contribution < -0.4 is 0 Å². The molecule has 0 radical (unpaired) electrons. The van der Waals surface area contributed by atoms with Gasteiger partial charge in [0.1, 0.15) is 0 Å². The molecular weight excluding hydrogens is 276 g/mol. The first kappa shape index (κ1) is 16.0. The minimum absolute atomic E-state index is 0.132. The Hall–Kier alpha value is -2.42. The van der Waals surface area contributed by atoms with Gasteiger partial charge < -0.3 is 4.74 Å². The summed E-state index contributed by atoms with van der Waals surface area (Å²) in [5, 5.41) is 0. The summed E-state index contributed by atoms with van der Waals surface area (Å²) in [6.45, 7) is 2.10. The molecule has 0 aromatic heterocycles. The van der Waals surface area contributed by atoms with Crippen molar-refractivity contribution in [3.8, 4) is 0 Å². The molecular formula is C19H20O3. The van der Waals surface area contributed by atoms with Crippen LogP contribution in [-0.2, 0) is 11.2 Å². The van der Waals surface area contributed by atoms with Gasteiger partial charge in [-0.15, -0.1) is 0 Å². The molecule has 2 rings (SSSR count). The van der Waals surface area contributed by atoms with Gasteiger partial charge in [0.2, 0.25) is 0 Å². The van der Waals surface area contributed by atoms with Gasteiger partial charge in [-0.3, -0.25) is 4.79 Å². The molecule has 114 valence electrons. The molecule has 0 aliphatic carbocycles. The third-order valence-electron chi connectivity index (χ3n) is 3.62. The van der Waals surface area contributed by atoms with Crippen molar-refractivity contribution in [1.82, 2.24) is 0 Å². The predicted octanol–water partition coefficient (Wildman–Crippen LogP) is 4.05. The van der Waals surface area contributed by atoms with E-state index in [2.05, 4.69) is 6.92 Å². The predicted molar refractivity (Wildman–Crippen MR) is 86.3 cm³/mol. The lowest BCUT2D eigenvalue weighted by molar-refractivity contribution is 0.0597. The SMILES string of the molecule is CCCCc1cccc(C(=O)OC)c1C(=O)c1ccccc1. The number of hydrogen-bond donors (Lipinski definition) is 0. The Labute approximate surface area is 130 Å². The lowest BCUT2D eigenvalue weighted by Crippen LogP contribution is -2.14. The summed E-state index contributed by atoms with van der Waals surface area (Å²) in [4.78, 5) is 24.9. The molecule has 2 aromatic rings. The molecule has 0 N–H and O–H groups in total. The number of methoxy groups -OCH3 is 1. The molecule has 0 unspecified atom stereocenters. The van der Waals surface area contributed by atoms with E-state index in [1.165, 1.54) is 7.11 Å². The van der Waals surface area contributed by atoms with E-state index in [1.807, 2.05) is 24.3 Å². The number of ether oxygens (including phenoxy) is 1. The van der Waals surface area contributed by atoms with E-state index in [0.29, 0.717) is 16.7 Å². The third kappa shape index (κ3) is 3.42. The Kier molecular flexibility index (Phi) is 5.48. The van der Waals surface area contributed by atoms with E-state index in [1.54, 1.807) is 24.3 Å². The van der Waals surface area contributed by atoms with Crippen molar-refractivity contribution in [3.05, 3.63) is 70.8 Å². The van der Waals surface area contributed by atoms with E-state index in [-0.39, 0.29) is 5.78 Å². The minimum atomic E-state index is -0.474. The molecule has 0 heterocycles. The van der Waals surface area contributed by atoms with Gasteiger partial charge in [0.15, 0.2) is 5.78 Å². The topological polar surface area (TPSA) is 43.4 Å². The van der Waals surface area contributed by atoms with Crippen molar-refractivity contribution in [2.45, 2.75) is 26.2 Å². The maximum absolute atomic E-state index is 12.9. The smallest absolute Gasteiger partial charge is 0.338 e. The van der Waals surface area contributed by atoms with E-state index in [0.717, 1.165) is 24.8 Å². The van der Waals surface area contributed by atoms with Gasteiger partial charge in [-0.1, -0.05) is 55.8 Å². The monoisotopic (exact) mass is 296 g/mol. The van der Waals surface area contributed by atoms with Crippen molar-refractivity contribution in [3.63, 3.8) is 0 Å². The molecule has 0 spiro atoms. The summed E-state index contributed by atoms with van der Waals surface area (Å²) in [5.74, 6) is -0.606. The van der Waals surface area contributed by atoms with Gasteiger partial charge in [-0.05, 0) is 24.5 Å². The van der Waals surface area contributed by atoms with Crippen molar-refractivity contribution in [2.24, 2.45) is 0 Å². The van der Waals surface area contributed by atoms with Crippen molar-refractivity contribution in [1.29, 1.82) is 0 Å². The quantitative estimate of drug-likeness (QED) is 0.596. The number of ketones is 1. The highest BCUT2D eigenvalue weighted by molar-refractivity contribution is 6.15. The molecule has 0 fully saturated rings. The number of carbonyl (C=O) groups excluding carboxylic acids is 2. The molecule has 0 saturated heterocycles. The van der Waals surface area contributed by atoms with Crippen LogP contribution in [0.5, 0.6) is 0 Å². The zero-order chi connectivity index (χ0) is 15.9. The van der Waals surface area contributed by atoms with Crippen molar-refractivity contribution < 1.29 is 14.3 Å². The van der Waals surface area contributed by atoms with Crippen LogP contribution in [0.4, 0.5) is 0 Å². The first-order valence-electron chi connectivity index (χ1n) is 7.49. The first-order chi connectivity index (χ1) is 10.7. The maximum atomic E-state index is 12.9. The Bertz CT molecular complexity index is 660. The molecule has 0 saturated carbocycles. The van der Waals surface area contributed by atoms with Gasteiger partial charge in [0, 0.05) is 11.1 Å². The number of unbranched alkanes of at least 4 members (excludes halogenated alkanes) is 1. The van der Waals surface area contributed by atoms with Gasteiger partial charge in [0.25, 0.3) is 0 Å². The van der Waals surface area contributed by atoms with E-state index < -0.39 is 5.97 Å². The average Bonchev–Trinajstić information content (AvgIpc) is 2.59. The number of hydrogen-bond acceptors (Lipinski definition) is 3. The maximum Gasteiger partial charge on any atom is 0.338 e. The molecule has 0 atom stereocenters. The highest BCUT2D eigenvalue weighted by Gasteiger charge is 2.22. The zero-order valence-corrected chi connectivity index (χ0v) is 13.0. The second kappa shape index (κ2) is 7.55.